The molecule has 0 aromatic heterocycles. The molecule has 0 spiro atoms. The minimum atomic E-state index is -3.47. The first-order chi connectivity index (χ1) is 9.80. The summed E-state index contributed by atoms with van der Waals surface area (Å²) in [5, 5.41) is 3.65. The van der Waals surface area contributed by atoms with Crippen molar-refractivity contribution >= 4 is 21.8 Å². The summed E-state index contributed by atoms with van der Waals surface area (Å²) in [6, 6.07) is 6.98. The lowest BCUT2D eigenvalue weighted by atomic mass is 10.1. The van der Waals surface area contributed by atoms with Crippen molar-refractivity contribution < 1.29 is 8.42 Å². The van der Waals surface area contributed by atoms with Gasteiger partial charge in [0.15, 0.2) is 0 Å². The van der Waals surface area contributed by atoms with Gasteiger partial charge in [-0.2, -0.15) is 17.0 Å². The highest BCUT2D eigenvalue weighted by Gasteiger charge is 2.28. The lowest BCUT2D eigenvalue weighted by Gasteiger charge is -2.29. The molecule has 1 aromatic carbocycles. The first kappa shape index (κ1) is 18.4. The zero-order valence-electron chi connectivity index (χ0n) is 13.0. The van der Waals surface area contributed by atoms with E-state index in [9.17, 15) is 8.42 Å². The summed E-state index contributed by atoms with van der Waals surface area (Å²) in [6.07, 6.45) is 0.773. The predicted octanol–water partition coefficient (Wildman–Crippen LogP) is 2.12. The number of rotatable bonds is 8. The Kier molecular flexibility index (Phi) is 7.09. The van der Waals surface area contributed by atoms with Crippen molar-refractivity contribution in [3.05, 3.63) is 34.9 Å². The molecule has 0 amide bonds. The van der Waals surface area contributed by atoms with Crippen molar-refractivity contribution in [3.63, 3.8) is 0 Å². The van der Waals surface area contributed by atoms with E-state index in [2.05, 4.69) is 5.32 Å². The minimum Gasteiger partial charge on any atom is -0.320 e. The standard InChI is InChI=1S/C14H24ClN3O2S/c1-12(13-6-8-14(15)9-7-13)18(4)21(19,20)17(3)11-5-10-16-2/h6-9,12,16H,5,10-11H2,1-4H3. The maximum atomic E-state index is 12.5. The third-order valence-electron chi connectivity index (χ3n) is 3.56. The number of hydrogen-bond donors (Lipinski definition) is 1. The molecule has 0 aliphatic heterocycles. The van der Waals surface area contributed by atoms with Gasteiger partial charge in [-0.1, -0.05) is 23.7 Å². The molecule has 0 saturated heterocycles. The Hall–Kier alpha value is -0.660. The van der Waals surface area contributed by atoms with Gasteiger partial charge in [-0.05, 0) is 44.6 Å². The Morgan fingerprint density at radius 3 is 2.33 bits per heavy atom. The van der Waals surface area contributed by atoms with Gasteiger partial charge in [0.25, 0.3) is 10.2 Å². The monoisotopic (exact) mass is 333 g/mol. The number of nitrogens with zero attached hydrogens (tertiary/aromatic N) is 2. The fraction of sp³-hybridized carbons (Fsp3) is 0.571. The van der Waals surface area contributed by atoms with Gasteiger partial charge in [-0.15, -0.1) is 0 Å². The second-order valence-electron chi connectivity index (χ2n) is 5.03. The second-order valence-corrected chi connectivity index (χ2v) is 7.56. The molecule has 0 fully saturated rings. The van der Waals surface area contributed by atoms with Crippen molar-refractivity contribution in [2.45, 2.75) is 19.4 Å². The molecule has 1 rings (SSSR count). The Labute approximate surface area is 133 Å². The summed E-state index contributed by atoms with van der Waals surface area (Å²) in [6.45, 7) is 3.14. The molecule has 0 aliphatic carbocycles. The molecule has 0 bridgehead atoms. The first-order valence-corrected chi connectivity index (χ1v) is 8.67. The van der Waals surface area contributed by atoms with Crippen LogP contribution in [0.4, 0.5) is 0 Å². The molecule has 0 saturated carbocycles. The Morgan fingerprint density at radius 1 is 1.24 bits per heavy atom. The van der Waals surface area contributed by atoms with Crippen molar-refractivity contribution in [2.24, 2.45) is 0 Å². The van der Waals surface area contributed by atoms with E-state index in [0.717, 1.165) is 18.5 Å². The van der Waals surface area contributed by atoms with Crippen LogP contribution in [0.1, 0.15) is 24.9 Å². The van der Waals surface area contributed by atoms with Crippen LogP contribution in [0.5, 0.6) is 0 Å². The molecule has 5 nitrogen and oxygen atoms in total. The molecular formula is C14H24ClN3O2S. The van der Waals surface area contributed by atoms with Crippen molar-refractivity contribution in [1.29, 1.82) is 0 Å². The molecule has 0 aliphatic rings. The van der Waals surface area contributed by atoms with Crippen LogP contribution in [0.25, 0.3) is 0 Å². The van der Waals surface area contributed by atoms with Gasteiger partial charge in [-0.3, -0.25) is 0 Å². The topological polar surface area (TPSA) is 52.7 Å². The Balaban J connectivity index is 2.79. The summed E-state index contributed by atoms with van der Waals surface area (Å²) in [5.41, 5.74) is 0.911. The fourth-order valence-electron chi connectivity index (χ4n) is 1.96. The summed E-state index contributed by atoms with van der Waals surface area (Å²) in [4.78, 5) is 0. The minimum absolute atomic E-state index is 0.251. The van der Waals surface area contributed by atoms with E-state index in [1.54, 1.807) is 26.2 Å². The van der Waals surface area contributed by atoms with Gasteiger partial charge in [-0.25, -0.2) is 0 Å². The van der Waals surface area contributed by atoms with Crippen LogP contribution < -0.4 is 5.32 Å². The Bertz CT molecular complexity index is 534. The van der Waals surface area contributed by atoms with E-state index in [-0.39, 0.29) is 6.04 Å². The van der Waals surface area contributed by atoms with Crippen LogP contribution >= 0.6 is 11.6 Å². The van der Waals surface area contributed by atoms with Crippen LogP contribution in [-0.2, 0) is 10.2 Å². The lowest BCUT2D eigenvalue weighted by molar-refractivity contribution is 0.347. The van der Waals surface area contributed by atoms with E-state index in [4.69, 9.17) is 11.6 Å². The molecule has 1 N–H and O–H groups in total. The highest BCUT2D eigenvalue weighted by molar-refractivity contribution is 7.86. The smallest absolute Gasteiger partial charge is 0.282 e. The SMILES string of the molecule is CNCCCN(C)S(=O)(=O)N(C)C(C)c1ccc(Cl)cc1. The predicted molar refractivity (Wildman–Crippen MR) is 87.7 cm³/mol. The van der Waals surface area contributed by atoms with E-state index in [0.29, 0.717) is 11.6 Å². The van der Waals surface area contributed by atoms with Crippen molar-refractivity contribution in [3.8, 4) is 0 Å². The molecule has 1 atom stereocenters. The summed E-state index contributed by atoms with van der Waals surface area (Å²) >= 11 is 5.86. The van der Waals surface area contributed by atoms with Gasteiger partial charge >= 0.3 is 0 Å². The fourth-order valence-corrected chi connectivity index (χ4v) is 3.41. The molecule has 120 valence electrons. The Morgan fingerprint density at radius 2 is 1.81 bits per heavy atom. The van der Waals surface area contributed by atoms with Gasteiger partial charge in [0.1, 0.15) is 0 Å². The van der Waals surface area contributed by atoms with Gasteiger partial charge < -0.3 is 5.32 Å². The van der Waals surface area contributed by atoms with Crippen molar-refractivity contribution in [2.75, 3.05) is 34.2 Å². The maximum absolute atomic E-state index is 12.5. The summed E-state index contributed by atoms with van der Waals surface area (Å²) < 4.78 is 27.8. The van der Waals surface area contributed by atoms with Crippen LogP contribution in [-0.4, -0.2) is 51.3 Å². The average Bonchev–Trinajstić information content (AvgIpc) is 2.46. The van der Waals surface area contributed by atoms with Crippen LogP contribution in [0.15, 0.2) is 24.3 Å². The third kappa shape index (κ3) is 4.93. The van der Waals surface area contributed by atoms with Gasteiger partial charge in [0.2, 0.25) is 0 Å². The average molecular weight is 334 g/mol. The van der Waals surface area contributed by atoms with Crippen LogP contribution in [0.2, 0.25) is 5.02 Å². The van der Waals surface area contributed by atoms with Crippen LogP contribution in [0, 0.1) is 0 Å². The van der Waals surface area contributed by atoms with Crippen molar-refractivity contribution in [1.82, 2.24) is 13.9 Å². The zero-order valence-corrected chi connectivity index (χ0v) is 14.6. The number of nitrogens with one attached hydrogen (secondary N) is 1. The zero-order chi connectivity index (χ0) is 16.0. The van der Waals surface area contributed by atoms with E-state index in [1.807, 2.05) is 26.1 Å². The third-order valence-corrected chi connectivity index (χ3v) is 5.82. The molecule has 1 unspecified atom stereocenters. The molecule has 21 heavy (non-hydrogen) atoms. The molecule has 1 aromatic rings. The second kappa shape index (κ2) is 8.10. The quantitative estimate of drug-likeness (QED) is 0.741. The molecule has 7 heteroatoms. The van der Waals surface area contributed by atoms with Gasteiger partial charge in [0.05, 0.1) is 0 Å². The summed E-state index contributed by atoms with van der Waals surface area (Å²) in [7, 11) is 1.59. The van der Waals surface area contributed by atoms with Crippen LogP contribution in [0.3, 0.4) is 0 Å². The molecule has 0 heterocycles. The van der Waals surface area contributed by atoms with E-state index in [1.165, 1.54) is 8.61 Å². The lowest BCUT2D eigenvalue weighted by Crippen LogP contribution is -2.41. The molecular weight excluding hydrogens is 310 g/mol. The highest BCUT2D eigenvalue weighted by atomic mass is 35.5. The van der Waals surface area contributed by atoms with Gasteiger partial charge in [0, 0.05) is 31.7 Å². The molecule has 0 radical (unpaired) electrons. The summed E-state index contributed by atoms with van der Waals surface area (Å²) in [5.74, 6) is 0. The normalized spacial score (nSPS) is 13.9. The van der Waals surface area contributed by atoms with E-state index >= 15 is 0 Å². The number of halogens is 1. The highest BCUT2D eigenvalue weighted by Crippen LogP contribution is 2.24. The van der Waals surface area contributed by atoms with E-state index < -0.39 is 10.2 Å². The maximum Gasteiger partial charge on any atom is 0.282 e. The number of hydrogen-bond acceptors (Lipinski definition) is 3. The largest absolute Gasteiger partial charge is 0.320 e. The first-order valence-electron chi connectivity index (χ1n) is 6.90. The number of benzene rings is 1.